The minimum atomic E-state index is -0.424. The highest BCUT2D eigenvalue weighted by molar-refractivity contribution is 9.10. The van der Waals surface area contributed by atoms with Crippen LogP contribution in [0.3, 0.4) is 0 Å². The quantitative estimate of drug-likeness (QED) is 0.917. The van der Waals surface area contributed by atoms with Gasteiger partial charge in [0.25, 0.3) is 5.91 Å². The van der Waals surface area contributed by atoms with Crippen LogP contribution in [0, 0.1) is 12.7 Å². The van der Waals surface area contributed by atoms with Gasteiger partial charge < -0.3 is 9.73 Å². The van der Waals surface area contributed by atoms with Gasteiger partial charge in [-0.1, -0.05) is 0 Å². The number of halogens is 2. The standard InChI is InChI=1S/C12H9BrFNO2/c1-7-9(4-5-17-7)12(16)15-8-2-3-10(13)11(14)6-8/h2-6H,1H3,(H,15,16). The lowest BCUT2D eigenvalue weighted by Crippen LogP contribution is -2.12. The van der Waals surface area contributed by atoms with Gasteiger partial charge in [0, 0.05) is 5.69 Å². The second-order valence-corrected chi connectivity index (χ2v) is 4.33. The zero-order valence-corrected chi connectivity index (χ0v) is 10.5. The summed E-state index contributed by atoms with van der Waals surface area (Å²) in [5.74, 6) is -0.218. The molecule has 3 nitrogen and oxygen atoms in total. The fourth-order valence-electron chi connectivity index (χ4n) is 1.39. The lowest BCUT2D eigenvalue weighted by atomic mass is 10.2. The summed E-state index contributed by atoms with van der Waals surface area (Å²) in [7, 11) is 0. The molecule has 2 aromatic rings. The van der Waals surface area contributed by atoms with E-state index in [-0.39, 0.29) is 5.91 Å². The average Bonchev–Trinajstić information content (AvgIpc) is 2.70. The van der Waals surface area contributed by atoms with Crippen molar-refractivity contribution in [1.29, 1.82) is 0 Å². The molecule has 1 amide bonds. The number of aryl methyl sites for hydroxylation is 1. The van der Waals surface area contributed by atoms with E-state index in [0.29, 0.717) is 21.5 Å². The maximum atomic E-state index is 13.2. The minimum absolute atomic E-state index is 0.321. The van der Waals surface area contributed by atoms with Crippen LogP contribution in [-0.4, -0.2) is 5.91 Å². The maximum Gasteiger partial charge on any atom is 0.259 e. The average molecular weight is 298 g/mol. The van der Waals surface area contributed by atoms with Gasteiger partial charge >= 0.3 is 0 Å². The zero-order chi connectivity index (χ0) is 12.4. The Morgan fingerprint density at radius 3 is 2.76 bits per heavy atom. The maximum absolute atomic E-state index is 13.2. The molecule has 2 rings (SSSR count). The Kier molecular flexibility index (Phi) is 3.28. The summed E-state index contributed by atoms with van der Waals surface area (Å²) in [4.78, 5) is 11.8. The van der Waals surface area contributed by atoms with Crippen LogP contribution in [0.1, 0.15) is 16.1 Å². The van der Waals surface area contributed by atoms with Gasteiger partial charge in [0.15, 0.2) is 0 Å². The van der Waals surface area contributed by atoms with Crippen molar-refractivity contribution in [3.8, 4) is 0 Å². The second kappa shape index (κ2) is 4.71. The molecule has 0 saturated carbocycles. The first-order valence-corrected chi connectivity index (χ1v) is 5.67. The van der Waals surface area contributed by atoms with Crippen LogP contribution in [0.5, 0.6) is 0 Å². The number of anilines is 1. The molecular weight excluding hydrogens is 289 g/mol. The summed E-state index contributed by atoms with van der Waals surface area (Å²) in [6.07, 6.45) is 1.44. The van der Waals surface area contributed by atoms with Gasteiger partial charge in [0.05, 0.1) is 16.3 Å². The fourth-order valence-corrected chi connectivity index (χ4v) is 1.64. The Bertz CT molecular complexity index is 565. The van der Waals surface area contributed by atoms with E-state index in [1.54, 1.807) is 19.1 Å². The summed E-state index contributed by atoms with van der Waals surface area (Å²) in [6.45, 7) is 1.69. The second-order valence-electron chi connectivity index (χ2n) is 3.47. The zero-order valence-electron chi connectivity index (χ0n) is 8.96. The molecule has 0 spiro atoms. The summed E-state index contributed by atoms with van der Waals surface area (Å²) in [5.41, 5.74) is 0.838. The molecule has 0 unspecified atom stereocenters. The topological polar surface area (TPSA) is 42.2 Å². The fraction of sp³-hybridized carbons (Fsp3) is 0.0833. The number of hydrogen-bond acceptors (Lipinski definition) is 2. The third-order valence-corrected chi connectivity index (χ3v) is 2.92. The Morgan fingerprint density at radius 2 is 2.18 bits per heavy atom. The molecule has 1 aromatic carbocycles. The number of benzene rings is 1. The number of furan rings is 1. The Morgan fingerprint density at radius 1 is 1.41 bits per heavy atom. The Hall–Kier alpha value is -1.62. The van der Waals surface area contributed by atoms with E-state index < -0.39 is 5.82 Å². The van der Waals surface area contributed by atoms with E-state index in [1.165, 1.54) is 18.4 Å². The molecule has 0 aliphatic heterocycles. The predicted octanol–water partition coefficient (Wildman–Crippen LogP) is 3.74. The first-order valence-electron chi connectivity index (χ1n) is 4.88. The van der Waals surface area contributed by atoms with Gasteiger partial charge in [-0.25, -0.2) is 4.39 Å². The molecule has 1 heterocycles. The van der Waals surface area contributed by atoms with Gasteiger partial charge in [0.1, 0.15) is 11.6 Å². The largest absolute Gasteiger partial charge is 0.469 e. The SMILES string of the molecule is Cc1occc1C(=O)Nc1ccc(Br)c(F)c1. The van der Waals surface area contributed by atoms with Crippen molar-refractivity contribution in [3.05, 3.63) is 52.1 Å². The van der Waals surface area contributed by atoms with E-state index in [1.807, 2.05) is 0 Å². The molecule has 0 radical (unpaired) electrons. The van der Waals surface area contributed by atoms with Gasteiger partial charge in [-0.2, -0.15) is 0 Å². The van der Waals surface area contributed by atoms with E-state index >= 15 is 0 Å². The van der Waals surface area contributed by atoms with Crippen molar-refractivity contribution in [2.24, 2.45) is 0 Å². The number of rotatable bonds is 2. The third-order valence-electron chi connectivity index (χ3n) is 2.28. The van der Waals surface area contributed by atoms with E-state index in [0.717, 1.165) is 0 Å². The molecule has 1 aromatic heterocycles. The first kappa shape index (κ1) is 11.9. The van der Waals surface area contributed by atoms with Crippen LogP contribution in [0.25, 0.3) is 0 Å². The molecule has 0 aliphatic rings. The van der Waals surface area contributed by atoms with Crippen LogP contribution >= 0.6 is 15.9 Å². The summed E-state index contributed by atoms with van der Waals surface area (Å²) < 4.78 is 18.6. The Balaban J connectivity index is 2.19. The number of carbonyl (C=O) groups is 1. The van der Waals surface area contributed by atoms with Crippen molar-refractivity contribution in [3.63, 3.8) is 0 Å². The van der Waals surface area contributed by atoms with Crippen molar-refractivity contribution in [2.75, 3.05) is 5.32 Å². The first-order chi connectivity index (χ1) is 8.08. The van der Waals surface area contributed by atoms with Crippen LogP contribution in [0.15, 0.2) is 39.4 Å². The van der Waals surface area contributed by atoms with Crippen molar-refractivity contribution in [1.82, 2.24) is 0 Å². The summed E-state index contributed by atoms with van der Waals surface area (Å²) in [5, 5.41) is 2.59. The van der Waals surface area contributed by atoms with Crippen molar-refractivity contribution in [2.45, 2.75) is 6.92 Å². The van der Waals surface area contributed by atoms with E-state index in [4.69, 9.17) is 4.42 Å². The van der Waals surface area contributed by atoms with Gasteiger partial charge in [-0.15, -0.1) is 0 Å². The van der Waals surface area contributed by atoms with Crippen LogP contribution in [-0.2, 0) is 0 Å². The number of nitrogens with one attached hydrogen (secondary N) is 1. The van der Waals surface area contributed by atoms with Crippen LogP contribution in [0.4, 0.5) is 10.1 Å². The molecule has 1 N–H and O–H groups in total. The molecule has 0 fully saturated rings. The van der Waals surface area contributed by atoms with E-state index in [2.05, 4.69) is 21.2 Å². The third kappa shape index (κ3) is 2.55. The van der Waals surface area contributed by atoms with Crippen LogP contribution < -0.4 is 5.32 Å². The number of hydrogen-bond donors (Lipinski definition) is 1. The smallest absolute Gasteiger partial charge is 0.259 e. The highest BCUT2D eigenvalue weighted by atomic mass is 79.9. The number of amides is 1. The lowest BCUT2D eigenvalue weighted by Gasteiger charge is -2.05. The van der Waals surface area contributed by atoms with Gasteiger partial charge in [-0.05, 0) is 47.1 Å². The molecule has 0 bridgehead atoms. The summed E-state index contributed by atoms with van der Waals surface area (Å²) >= 11 is 3.04. The highest BCUT2D eigenvalue weighted by Gasteiger charge is 2.12. The van der Waals surface area contributed by atoms with E-state index in [9.17, 15) is 9.18 Å². The Labute approximate surface area is 106 Å². The highest BCUT2D eigenvalue weighted by Crippen LogP contribution is 2.20. The molecular formula is C12H9BrFNO2. The predicted molar refractivity (Wildman–Crippen MR) is 65.5 cm³/mol. The molecule has 17 heavy (non-hydrogen) atoms. The number of carbonyl (C=O) groups excluding carboxylic acids is 1. The van der Waals surface area contributed by atoms with Gasteiger partial charge in [0.2, 0.25) is 0 Å². The monoisotopic (exact) mass is 297 g/mol. The van der Waals surface area contributed by atoms with Crippen molar-refractivity contribution >= 4 is 27.5 Å². The van der Waals surface area contributed by atoms with Gasteiger partial charge in [-0.3, -0.25) is 4.79 Å². The minimum Gasteiger partial charge on any atom is -0.469 e. The van der Waals surface area contributed by atoms with Crippen LogP contribution in [0.2, 0.25) is 0 Å². The molecule has 5 heteroatoms. The van der Waals surface area contributed by atoms with Crippen molar-refractivity contribution < 1.29 is 13.6 Å². The lowest BCUT2D eigenvalue weighted by molar-refractivity contribution is 0.102. The molecule has 88 valence electrons. The normalized spacial score (nSPS) is 10.3. The molecule has 0 saturated heterocycles. The molecule has 0 aliphatic carbocycles. The molecule has 0 atom stereocenters. The summed E-state index contributed by atoms with van der Waals surface area (Å²) in [6, 6.07) is 5.96.